The van der Waals surface area contributed by atoms with Crippen LogP contribution in [0, 0.1) is 6.92 Å². The summed E-state index contributed by atoms with van der Waals surface area (Å²) in [4.78, 5) is 16.7. The molecule has 0 atom stereocenters. The Morgan fingerprint density at radius 3 is 2.72 bits per heavy atom. The highest BCUT2D eigenvalue weighted by Crippen LogP contribution is 2.21. The Bertz CT molecular complexity index is 840. The van der Waals surface area contributed by atoms with Crippen molar-refractivity contribution >= 4 is 17.3 Å². The second kappa shape index (κ2) is 7.66. The highest BCUT2D eigenvalue weighted by molar-refractivity contribution is 6.03. The minimum absolute atomic E-state index is 0.207. The van der Waals surface area contributed by atoms with Gasteiger partial charge in [-0.25, -0.2) is 4.98 Å². The molecule has 0 saturated carbocycles. The minimum Gasteiger partial charge on any atom is -0.467 e. The van der Waals surface area contributed by atoms with Crippen LogP contribution >= 0.6 is 0 Å². The van der Waals surface area contributed by atoms with E-state index in [0.29, 0.717) is 12.2 Å². The zero-order valence-corrected chi connectivity index (χ0v) is 14.4. The summed E-state index contributed by atoms with van der Waals surface area (Å²) in [5.41, 5.74) is 4.25. The number of rotatable bonds is 6. The van der Waals surface area contributed by atoms with Gasteiger partial charge in [0.15, 0.2) is 0 Å². The quantitative estimate of drug-likeness (QED) is 0.700. The molecule has 0 aliphatic heterocycles. The van der Waals surface area contributed by atoms with Gasteiger partial charge >= 0.3 is 0 Å². The number of hydrogen-bond donors (Lipinski definition) is 2. The number of aromatic nitrogens is 1. The lowest BCUT2D eigenvalue weighted by atomic mass is 10.1. The van der Waals surface area contributed by atoms with Gasteiger partial charge in [-0.3, -0.25) is 4.79 Å². The zero-order valence-electron chi connectivity index (χ0n) is 14.4. The Morgan fingerprint density at radius 1 is 1.16 bits per heavy atom. The van der Waals surface area contributed by atoms with Gasteiger partial charge in [-0.1, -0.05) is 25.1 Å². The summed E-state index contributed by atoms with van der Waals surface area (Å²) >= 11 is 0. The number of benzene rings is 1. The molecule has 0 unspecified atom stereocenters. The molecule has 1 aromatic carbocycles. The fourth-order valence-corrected chi connectivity index (χ4v) is 2.61. The average molecular weight is 335 g/mol. The summed E-state index contributed by atoms with van der Waals surface area (Å²) in [6.45, 7) is 4.63. The number of pyridine rings is 1. The number of anilines is 2. The third kappa shape index (κ3) is 4.07. The molecule has 25 heavy (non-hydrogen) atoms. The van der Waals surface area contributed by atoms with Gasteiger partial charge < -0.3 is 15.1 Å². The monoisotopic (exact) mass is 335 g/mol. The standard InChI is InChI=1S/C20H21N3O2/c1-3-15-7-4-6-14(2)19(15)23-20(24)18-10-9-16(12-22-18)21-13-17-8-5-11-25-17/h4-12,21H,3,13H2,1-2H3,(H,23,24). The molecule has 0 spiro atoms. The van der Waals surface area contributed by atoms with Crippen molar-refractivity contribution in [3.63, 3.8) is 0 Å². The van der Waals surface area contributed by atoms with Gasteiger partial charge in [0.25, 0.3) is 5.91 Å². The molecule has 3 aromatic rings. The third-order valence-corrected chi connectivity index (χ3v) is 4.02. The van der Waals surface area contributed by atoms with Crippen LogP contribution in [-0.2, 0) is 13.0 Å². The normalized spacial score (nSPS) is 10.5. The van der Waals surface area contributed by atoms with Gasteiger partial charge in [-0.2, -0.15) is 0 Å². The van der Waals surface area contributed by atoms with Crippen molar-refractivity contribution in [1.82, 2.24) is 4.98 Å². The maximum atomic E-state index is 12.5. The Balaban J connectivity index is 1.67. The highest BCUT2D eigenvalue weighted by Gasteiger charge is 2.11. The molecule has 0 fully saturated rings. The van der Waals surface area contributed by atoms with Crippen molar-refractivity contribution in [2.45, 2.75) is 26.8 Å². The molecule has 2 N–H and O–H groups in total. The van der Waals surface area contributed by atoms with Crippen molar-refractivity contribution < 1.29 is 9.21 Å². The Morgan fingerprint density at radius 2 is 2.04 bits per heavy atom. The van der Waals surface area contributed by atoms with Crippen LogP contribution in [0.3, 0.4) is 0 Å². The molecule has 2 heterocycles. The summed E-state index contributed by atoms with van der Waals surface area (Å²) in [6, 6.07) is 13.3. The van der Waals surface area contributed by atoms with Crippen LogP contribution in [0.15, 0.2) is 59.3 Å². The van der Waals surface area contributed by atoms with E-state index in [9.17, 15) is 4.79 Å². The molecule has 2 aromatic heterocycles. The first-order valence-electron chi connectivity index (χ1n) is 8.29. The van der Waals surface area contributed by atoms with Crippen molar-refractivity contribution in [2.75, 3.05) is 10.6 Å². The molecular weight excluding hydrogens is 314 g/mol. The molecule has 0 bridgehead atoms. The van der Waals surface area contributed by atoms with Gasteiger partial charge in [-0.05, 0) is 48.7 Å². The molecule has 5 nitrogen and oxygen atoms in total. The van der Waals surface area contributed by atoms with Crippen molar-refractivity contribution in [1.29, 1.82) is 0 Å². The van der Waals surface area contributed by atoms with Crippen molar-refractivity contribution in [3.8, 4) is 0 Å². The summed E-state index contributed by atoms with van der Waals surface area (Å²) in [6.07, 6.45) is 4.15. The zero-order chi connectivity index (χ0) is 17.6. The topological polar surface area (TPSA) is 67.2 Å². The molecule has 0 saturated heterocycles. The van der Waals surface area contributed by atoms with Crippen LogP contribution in [0.1, 0.15) is 34.3 Å². The fourth-order valence-electron chi connectivity index (χ4n) is 2.61. The second-order valence-electron chi connectivity index (χ2n) is 5.78. The number of furan rings is 1. The lowest BCUT2D eigenvalue weighted by Crippen LogP contribution is -2.15. The van der Waals surface area contributed by atoms with E-state index in [0.717, 1.165) is 34.7 Å². The number of carbonyl (C=O) groups excluding carboxylic acids is 1. The number of carbonyl (C=O) groups is 1. The second-order valence-corrected chi connectivity index (χ2v) is 5.78. The van der Waals surface area contributed by atoms with Crippen LogP contribution < -0.4 is 10.6 Å². The highest BCUT2D eigenvalue weighted by atomic mass is 16.3. The van der Waals surface area contributed by atoms with Gasteiger partial charge in [0.1, 0.15) is 11.5 Å². The summed E-state index contributed by atoms with van der Waals surface area (Å²) in [5.74, 6) is 0.634. The summed E-state index contributed by atoms with van der Waals surface area (Å²) < 4.78 is 5.27. The lowest BCUT2D eigenvalue weighted by molar-refractivity contribution is 0.102. The van der Waals surface area contributed by atoms with Crippen LogP contribution in [0.25, 0.3) is 0 Å². The molecular formula is C20H21N3O2. The largest absolute Gasteiger partial charge is 0.467 e. The minimum atomic E-state index is -0.207. The van der Waals surface area contributed by atoms with Crippen LogP contribution in [0.4, 0.5) is 11.4 Å². The Hall–Kier alpha value is -3.08. The van der Waals surface area contributed by atoms with Gasteiger partial charge in [0, 0.05) is 5.69 Å². The third-order valence-electron chi connectivity index (χ3n) is 4.02. The van der Waals surface area contributed by atoms with E-state index in [2.05, 4.69) is 22.5 Å². The van der Waals surface area contributed by atoms with Gasteiger partial charge in [0.05, 0.1) is 24.7 Å². The summed E-state index contributed by atoms with van der Waals surface area (Å²) in [7, 11) is 0. The number of hydrogen-bond acceptors (Lipinski definition) is 4. The van der Waals surface area contributed by atoms with Gasteiger partial charge in [0.2, 0.25) is 0 Å². The van der Waals surface area contributed by atoms with Crippen LogP contribution in [0.2, 0.25) is 0 Å². The first kappa shape index (κ1) is 16.8. The van der Waals surface area contributed by atoms with E-state index in [1.165, 1.54) is 0 Å². The number of para-hydroxylation sites is 1. The number of nitrogens with zero attached hydrogens (tertiary/aromatic N) is 1. The van der Waals surface area contributed by atoms with Gasteiger partial charge in [-0.15, -0.1) is 0 Å². The summed E-state index contributed by atoms with van der Waals surface area (Å²) in [5, 5.41) is 6.19. The van der Waals surface area contributed by atoms with Crippen molar-refractivity contribution in [2.24, 2.45) is 0 Å². The molecule has 128 valence electrons. The number of nitrogens with one attached hydrogen (secondary N) is 2. The Kier molecular flexibility index (Phi) is 5.14. The predicted molar refractivity (Wildman–Crippen MR) is 98.8 cm³/mol. The average Bonchev–Trinajstić information content (AvgIpc) is 3.15. The Labute approximate surface area is 147 Å². The molecule has 0 radical (unpaired) electrons. The molecule has 0 aliphatic rings. The van der Waals surface area contributed by atoms with E-state index in [1.54, 1.807) is 18.5 Å². The van der Waals surface area contributed by atoms with Crippen molar-refractivity contribution in [3.05, 3.63) is 77.5 Å². The molecule has 5 heteroatoms. The molecule has 1 amide bonds. The lowest BCUT2D eigenvalue weighted by Gasteiger charge is -2.13. The number of amides is 1. The maximum absolute atomic E-state index is 12.5. The first-order chi connectivity index (χ1) is 12.2. The fraction of sp³-hybridized carbons (Fsp3) is 0.200. The van der Waals surface area contributed by atoms with E-state index >= 15 is 0 Å². The van der Waals surface area contributed by atoms with E-state index in [4.69, 9.17) is 4.42 Å². The maximum Gasteiger partial charge on any atom is 0.274 e. The van der Waals surface area contributed by atoms with Crippen LogP contribution in [0.5, 0.6) is 0 Å². The first-order valence-corrected chi connectivity index (χ1v) is 8.29. The predicted octanol–water partition coefficient (Wildman–Crippen LogP) is 4.41. The van der Waals surface area contributed by atoms with E-state index < -0.39 is 0 Å². The number of aryl methyl sites for hydroxylation is 2. The van der Waals surface area contributed by atoms with E-state index in [1.807, 2.05) is 43.3 Å². The molecule has 0 aliphatic carbocycles. The van der Waals surface area contributed by atoms with E-state index in [-0.39, 0.29) is 5.91 Å². The van der Waals surface area contributed by atoms with Crippen LogP contribution in [-0.4, -0.2) is 10.9 Å². The smallest absolute Gasteiger partial charge is 0.274 e. The SMILES string of the molecule is CCc1cccc(C)c1NC(=O)c1ccc(NCc2ccco2)cn1. The molecule has 3 rings (SSSR count).